The van der Waals surface area contributed by atoms with Gasteiger partial charge in [0.1, 0.15) is 12.3 Å². The predicted molar refractivity (Wildman–Crippen MR) is 153 cm³/mol. The predicted octanol–water partition coefficient (Wildman–Crippen LogP) is 4.29. The highest BCUT2D eigenvalue weighted by Gasteiger charge is 2.29. The van der Waals surface area contributed by atoms with E-state index < -0.39 is 39.4 Å². The van der Waals surface area contributed by atoms with Gasteiger partial charge < -0.3 is 9.64 Å². The van der Waals surface area contributed by atoms with Gasteiger partial charge in [-0.2, -0.15) is 0 Å². The van der Waals surface area contributed by atoms with Gasteiger partial charge in [-0.3, -0.25) is 34.9 Å². The van der Waals surface area contributed by atoms with E-state index in [1.54, 1.807) is 18.2 Å². The molecule has 0 aliphatic carbocycles. The summed E-state index contributed by atoms with van der Waals surface area (Å²) in [5.41, 5.74) is 1.42. The van der Waals surface area contributed by atoms with Crippen molar-refractivity contribution in [1.29, 1.82) is 0 Å². The Morgan fingerprint density at radius 3 is 2.40 bits per heavy atom. The number of imidazole rings is 1. The van der Waals surface area contributed by atoms with Crippen LogP contribution in [0.15, 0.2) is 109 Å². The molecule has 2 amide bonds. The van der Waals surface area contributed by atoms with Gasteiger partial charge in [0.2, 0.25) is 6.17 Å². The molecule has 1 aliphatic heterocycles. The monoisotopic (exact) mass is 581 g/mol. The van der Waals surface area contributed by atoms with Gasteiger partial charge in [-0.25, -0.2) is 14.8 Å². The fourth-order valence-electron chi connectivity index (χ4n) is 4.25. The summed E-state index contributed by atoms with van der Waals surface area (Å²) in [6.07, 6.45) is 3.75. The maximum Gasteiger partial charge on any atom is 0.409 e. The number of hydrogen-bond donors (Lipinski definition) is 1. The van der Waals surface area contributed by atoms with E-state index in [9.17, 15) is 29.8 Å². The van der Waals surface area contributed by atoms with Crippen LogP contribution in [-0.4, -0.2) is 48.2 Å². The number of amides is 2. The molecule has 1 atom stereocenters. The Hall–Kier alpha value is -6.18. The Morgan fingerprint density at radius 2 is 1.70 bits per heavy atom. The van der Waals surface area contributed by atoms with Gasteiger partial charge in [-0.1, -0.05) is 60.7 Å². The normalized spacial score (nSPS) is 14.5. The topological polar surface area (TPSA) is 175 Å². The third kappa shape index (κ3) is 6.77. The molecule has 216 valence electrons. The minimum Gasteiger partial charge on any atom is -0.445 e. The molecule has 0 bridgehead atoms. The van der Waals surface area contributed by atoms with Crippen molar-refractivity contribution in [1.82, 2.24) is 19.8 Å². The lowest BCUT2D eigenvalue weighted by molar-refractivity contribution is -0.394. The molecule has 2 heterocycles. The second-order valence-electron chi connectivity index (χ2n) is 9.23. The zero-order chi connectivity index (χ0) is 30.3. The summed E-state index contributed by atoms with van der Waals surface area (Å²) in [6.45, 7) is -0.0744. The number of ether oxygens (including phenoxy) is 1. The Kier molecular flexibility index (Phi) is 8.28. The molecular weight excluding hydrogens is 558 g/mol. The van der Waals surface area contributed by atoms with Gasteiger partial charge >= 0.3 is 6.09 Å². The van der Waals surface area contributed by atoms with Crippen LogP contribution in [0.5, 0.6) is 0 Å². The van der Waals surface area contributed by atoms with E-state index in [1.165, 1.54) is 34.3 Å². The molecule has 1 N–H and O–H groups in total. The van der Waals surface area contributed by atoms with E-state index in [0.717, 1.165) is 17.7 Å². The number of aliphatic imine (C=N–C) groups is 1. The van der Waals surface area contributed by atoms with Crippen LogP contribution in [0.4, 0.5) is 16.2 Å². The molecule has 0 fully saturated rings. The third-order valence-electron chi connectivity index (χ3n) is 6.35. The van der Waals surface area contributed by atoms with Gasteiger partial charge in [0, 0.05) is 18.5 Å². The van der Waals surface area contributed by atoms with Gasteiger partial charge in [0.25, 0.3) is 17.3 Å². The first-order valence-corrected chi connectivity index (χ1v) is 12.8. The smallest absolute Gasteiger partial charge is 0.409 e. The largest absolute Gasteiger partial charge is 0.445 e. The van der Waals surface area contributed by atoms with E-state index in [1.807, 2.05) is 48.5 Å². The SMILES string of the molecule is O=C(NC1N=C(c2ccccc2)C=CN(Cc2cn(-c3ccc([N+](=O)[O-])cc3[N+](=O)[O-])cn2)C1=O)OCc1ccccc1. The Bertz CT molecular complexity index is 1740. The van der Waals surface area contributed by atoms with Crippen LogP contribution >= 0.6 is 0 Å². The van der Waals surface area contributed by atoms with Crippen molar-refractivity contribution >= 4 is 29.1 Å². The number of alkyl carbamates (subject to hydrolysis) is 1. The molecule has 14 heteroatoms. The second-order valence-corrected chi connectivity index (χ2v) is 9.23. The molecule has 0 saturated heterocycles. The fourth-order valence-corrected chi connectivity index (χ4v) is 4.25. The lowest BCUT2D eigenvalue weighted by atomic mass is 10.1. The van der Waals surface area contributed by atoms with Gasteiger partial charge in [0.05, 0.1) is 40.2 Å². The van der Waals surface area contributed by atoms with Crippen LogP contribution in [0, 0.1) is 20.2 Å². The molecule has 1 aromatic heterocycles. The quantitative estimate of drug-likeness (QED) is 0.225. The first kappa shape index (κ1) is 28.4. The molecule has 0 radical (unpaired) electrons. The highest BCUT2D eigenvalue weighted by molar-refractivity contribution is 6.10. The standard InChI is InChI=1S/C29H23N7O7/c37-28-27(32-29(38)43-18-20-7-3-1-4-8-20)31-24(21-9-5-2-6-10-21)13-14-33(28)16-22-17-34(19-30-22)25-12-11-23(35(39)40)15-26(25)36(41)42/h1-15,17,19,27H,16,18H2,(H,32,38). The summed E-state index contributed by atoms with van der Waals surface area (Å²) >= 11 is 0. The van der Waals surface area contributed by atoms with Crippen LogP contribution < -0.4 is 5.32 Å². The summed E-state index contributed by atoms with van der Waals surface area (Å²) in [6, 6.07) is 21.4. The van der Waals surface area contributed by atoms with E-state index in [2.05, 4.69) is 15.3 Å². The molecule has 1 aliphatic rings. The number of aromatic nitrogens is 2. The Labute approximate surface area is 243 Å². The number of carbonyl (C=O) groups is 2. The molecule has 1 unspecified atom stereocenters. The van der Waals surface area contributed by atoms with Crippen molar-refractivity contribution in [2.45, 2.75) is 19.3 Å². The summed E-state index contributed by atoms with van der Waals surface area (Å²) in [4.78, 5) is 57.5. The first-order valence-electron chi connectivity index (χ1n) is 12.8. The van der Waals surface area contributed by atoms with Crippen molar-refractivity contribution in [2.24, 2.45) is 4.99 Å². The molecule has 0 saturated carbocycles. The number of nitro groups is 2. The van der Waals surface area contributed by atoms with Gasteiger partial charge in [-0.05, 0) is 23.3 Å². The van der Waals surface area contributed by atoms with Crippen molar-refractivity contribution < 1.29 is 24.2 Å². The minimum absolute atomic E-state index is 0.00296. The van der Waals surface area contributed by atoms with Crippen molar-refractivity contribution in [2.75, 3.05) is 0 Å². The maximum atomic E-state index is 13.6. The summed E-state index contributed by atoms with van der Waals surface area (Å²) in [7, 11) is 0. The second kappa shape index (κ2) is 12.6. The lowest BCUT2D eigenvalue weighted by Gasteiger charge is -2.20. The van der Waals surface area contributed by atoms with Crippen molar-refractivity contribution in [3.05, 3.63) is 141 Å². The van der Waals surface area contributed by atoms with Gasteiger partial charge in [-0.15, -0.1) is 0 Å². The Morgan fingerprint density at radius 1 is 0.977 bits per heavy atom. The number of benzene rings is 3. The molecular formula is C29H23N7O7. The number of non-ortho nitro benzene ring substituents is 1. The van der Waals surface area contributed by atoms with Crippen LogP contribution in [0.1, 0.15) is 16.8 Å². The highest BCUT2D eigenvalue weighted by Crippen LogP contribution is 2.28. The molecule has 4 aromatic rings. The minimum atomic E-state index is -1.33. The molecule has 0 spiro atoms. The van der Waals surface area contributed by atoms with Crippen LogP contribution in [0.25, 0.3) is 5.69 Å². The van der Waals surface area contributed by atoms with E-state index >= 15 is 0 Å². The lowest BCUT2D eigenvalue weighted by Crippen LogP contribution is -2.45. The number of rotatable bonds is 9. The van der Waals surface area contributed by atoms with Crippen LogP contribution in [0.2, 0.25) is 0 Å². The van der Waals surface area contributed by atoms with E-state index in [0.29, 0.717) is 17.0 Å². The zero-order valence-corrected chi connectivity index (χ0v) is 22.3. The first-order chi connectivity index (χ1) is 20.8. The molecule has 3 aromatic carbocycles. The number of allylic oxidation sites excluding steroid dienone is 1. The Balaban J connectivity index is 1.38. The van der Waals surface area contributed by atoms with Crippen LogP contribution in [0.3, 0.4) is 0 Å². The van der Waals surface area contributed by atoms with Crippen LogP contribution in [-0.2, 0) is 22.7 Å². The number of hydrogen-bond acceptors (Lipinski definition) is 9. The number of carbonyl (C=O) groups excluding carboxylic acids is 2. The maximum absolute atomic E-state index is 13.6. The van der Waals surface area contributed by atoms with Crippen molar-refractivity contribution in [3.63, 3.8) is 0 Å². The molecule has 5 rings (SSSR count). The average Bonchev–Trinajstić information content (AvgIpc) is 3.43. The summed E-state index contributed by atoms with van der Waals surface area (Å²) in [5, 5.41) is 25.2. The highest BCUT2D eigenvalue weighted by atomic mass is 16.6. The molecule has 43 heavy (non-hydrogen) atoms. The average molecular weight is 582 g/mol. The number of nitro benzene ring substituents is 2. The number of nitrogens with zero attached hydrogens (tertiary/aromatic N) is 6. The number of nitrogens with one attached hydrogen (secondary N) is 1. The zero-order valence-electron chi connectivity index (χ0n) is 22.3. The van der Waals surface area contributed by atoms with E-state index in [-0.39, 0.29) is 18.8 Å². The fraction of sp³-hybridized carbons (Fsp3) is 0.103. The summed E-state index contributed by atoms with van der Waals surface area (Å²) in [5.74, 6) is -0.574. The van der Waals surface area contributed by atoms with Crippen molar-refractivity contribution in [3.8, 4) is 5.69 Å². The van der Waals surface area contributed by atoms with E-state index in [4.69, 9.17) is 4.74 Å². The third-order valence-corrected chi connectivity index (χ3v) is 6.35. The molecule has 14 nitrogen and oxygen atoms in total. The summed E-state index contributed by atoms with van der Waals surface area (Å²) < 4.78 is 6.64. The van der Waals surface area contributed by atoms with Gasteiger partial charge in [0.15, 0.2) is 0 Å².